The molecule has 0 spiro atoms. The summed E-state index contributed by atoms with van der Waals surface area (Å²) in [4.78, 5) is 17.0. The molecule has 1 fully saturated rings. The normalized spacial score (nSPS) is 14.7. The van der Waals surface area contributed by atoms with Gasteiger partial charge >= 0.3 is 0 Å². The molecule has 0 atom stereocenters. The summed E-state index contributed by atoms with van der Waals surface area (Å²) >= 11 is 0. The quantitative estimate of drug-likeness (QED) is 0.682. The van der Waals surface area contributed by atoms with E-state index in [-0.39, 0.29) is 5.91 Å². The van der Waals surface area contributed by atoms with Crippen LogP contribution in [0, 0.1) is 0 Å². The first-order valence-corrected chi connectivity index (χ1v) is 10.6. The van der Waals surface area contributed by atoms with Gasteiger partial charge in [-0.2, -0.15) is 5.10 Å². The number of likely N-dealkylation sites (N-methyl/N-ethyl adjacent to an activating group) is 1. The third-order valence-corrected chi connectivity index (χ3v) is 5.80. The summed E-state index contributed by atoms with van der Waals surface area (Å²) in [7, 11) is 1.65. The van der Waals surface area contributed by atoms with Gasteiger partial charge in [0.15, 0.2) is 0 Å². The maximum absolute atomic E-state index is 13.5. The lowest BCUT2D eigenvalue weighted by Gasteiger charge is -2.31. The summed E-state index contributed by atoms with van der Waals surface area (Å²) in [6, 6.07) is 17.9. The molecule has 6 nitrogen and oxygen atoms in total. The number of para-hydroxylation sites is 1. The summed E-state index contributed by atoms with van der Waals surface area (Å²) < 4.78 is 7.42. The minimum Gasteiger partial charge on any atom is -0.496 e. The van der Waals surface area contributed by atoms with Crippen LogP contribution in [0.1, 0.15) is 22.8 Å². The van der Waals surface area contributed by atoms with Crippen molar-refractivity contribution in [3.05, 3.63) is 71.9 Å². The van der Waals surface area contributed by atoms with Crippen LogP contribution in [0.2, 0.25) is 0 Å². The Morgan fingerprint density at radius 3 is 2.47 bits per heavy atom. The molecule has 1 N–H and O–H groups in total. The van der Waals surface area contributed by atoms with Crippen molar-refractivity contribution in [1.29, 1.82) is 0 Å². The predicted octanol–water partition coefficient (Wildman–Crippen LogP) is 1.97. The van der Waals surface area contributed by atoms with Crippen molar-refractivity contribution in [2.24, 2.45) is 0 Å². The number of hydrogen-bond donors (Lipinski definition) is 1. The Balaban J connectivity index is 1.69. The van der Waals surface area contributed by atoms with E-state index in [1.165, 1.54) is 0 Å². The van der Waals surface area contributed by atoms with Crippen LogP contribution in [-0.2, 0) is 6.54 Å². The molecular weight excluding hydrogens is 376 g/mol. The molecule has 4 rings (SSSR count). The van der Waals surface area contributed by atoms with E-state index in [1.54, 1.807) is 12.0 Å². The van der Waals surface area contributed by atoms with E-state index >= 15 is 0 Å². The SMILES string of the molecule is CC[NH+]1CCN(C(=O)c2cn(Cc3ccccc3)nc2-c2ccccc2OC)CC1. The third kappa shape index (κ3) is 4.24. The highest BCUT2D eigenvalue weighted by Crippen LogP contribution is 2.31. The molecule has 2 aromatic carbocycles. The van der Waals surface area contributed by atoms with Crippen molar-refractivity contribution >= 4 is 5.91 Å². The molecular formula is C24H29N4O2+. The van der Waals surface area contributed by atoms with Gasteiger partial charge in [-0.15, -0.1) is 0 Å². The first-order valence-electron chi connectivity index (χ1n) is 10.6. The Labute approximate surface area is 177 Å². The molecule has 1 aromatic heterocycles. The number of nitrogens with one attached hydrogen (secondary N) is 1. The molecule has 6 heteroatoms. The number of methoxy groups -OCH3 is 1. The number of rotatable bonds is 6. The fourth-order valence-corrected chi connectivity index (χ4v) is 4.02. The zero-order chi connectivity index (χ0) is 20.9. The number of amides is 1. The van der Waals surface area contributed by atoms with Crippen molar-refractivity contribution in [2.45, 2.75) is 13.5 Å². The summed E-state index contributed by atoms with van der Waals surface area (Å²) in [5, 5.41) is 4.82. The van der Waals surface area contributed by atoms with Gasteiger partial charge in [0, 0.05) is 11.8 Å². The van der Waals surface area contributed by atoms with E-state index < -0.39 is 0 Å². The number of quaternary nitrogens is 1. The Hall–Kier alpha value is -3.12. The highest BCUT2D eigenvalue weighted by molar-refractivity contribution is 6.00. The van der Waals surface area contributed by atoms with E-state index in [0.717, 1.165) is 49.6 Å². The van der Waals surface area contributed by atoms with Gasteiger partial charge in [-0.3, -0.25) is 9.48 Å². The van der Waals surface area contributed by atoms with Gasteiger partial charge in [-0.25, -0.2) is 0 Å². The molecule has 1 amide bonds. The van der Waals surface area contributed by atoms with Gasteiger partial charge in [-0.05, 0) is 24.6 Å². The van der Waals surface area contributed by atoms with Crippen LogP contribution < -0.4 is 9.64 Å². The van der Waals surface area contributed by atoms with Crippen LogP contribution in [0.15, 0.2) is 60.8 Å². The van der Waals surface area contributed by atoms with Crippen molar-refractivity contribution in [3.8, 4) is 17.0 Å². The molecule has 0 saturated carbocycles. The van der Waals surface area contributed by atoms with Crippen LogP contribution in [0.4, 0.5) is 0 Å². The molecule has 1 aliphatic heterocycles. The summed E-state index contributed by atoms with van der Waals surface area (Å²) in [5.74, 6) is 0.766. The number of ether oxygens (including phenoxy) is 1. The van der Waals surface area contributed by atoms with Crippen molar-refractivity contribution in [3.63, 3.8) is 0 Å². The zero-order valence-corrected chi connectivity index (χ0v) is 17.7. The first kappa shape index (κ1) is 20.2. The smallest absolute Gasteiger partial charge is 0.258 e. The summed E-state index contributed by atoms with van der Waals surface area (Å²) in [5.41, 5.74) is 3.30. The van der Waals surface area contributed by atoms with E-state index in [9.17, 15) is 4.79 Å². The molecule has 156 valence electrons. The second kappa shape index (κ2) is 9.13. The van der Waals surface area contributed by atoms with Crippen molar-refractivity contribution in [1.82, 2.24) is 14.7 Å². The lowest BCUT2D eigenvalue weighted by atomic mass is 10.1. The minimum atomic E-state index is 0.0466. The maximum atomic E-state index is 13.5. The monoisotopic (exact) mass is 405 g/mol. The highest BCUT2D eigenvalue weighted by atomic mass is 16.5. The van der Waals surface area contributed by atoms with Crippen LogP contribution >= 0.6 is 0 Å². The largest absolute Gasteiger partial charge is 0.496 e. The first-order chi connectivity index (χ1) is 14.7. The Morgan fingerprint density at radius 2 is 1.77 bits per heavy atom. The summed E-state index contributed by atoms with van der Waals surface area (Å²) in [6.45, 7) is 7.44. The Morgan fingerprint density at radius 1 is 1.07 bits per heavy atom. The Bertz CT molecular complexity index is 991. The number of nitrogens with zero attached hydrogens (tertiary/aromatic N) is 3. The van der Waals surface area contributed by atoms with Gasteiger partial charge in [0.1, 0.15) is 11.4 Å². The van der Waals surface area contributed by atoms with Gasteiger partial charge < -0.3 is 14.5 Å². The summed E-state index contributed by atoms with van der Waals surface area (Å²) in [6.07, 6.45) is 1.89. The second-order valence-corrected chi connectivity index (χ2v) is 7.67. The highest BCUT2D eigenvalue weighted by Gasteiger charge is 2.28. The van der Waals surface area contributed by atoms with E-state index in [2.05, 4.69) is 19.1 Å². The molecule has 1 saturated heterocycles. The number of aromatic nitrogens is 2. The molecule has 1 aliphatic rings. The van der Waals surface area contributed by atoms with Crippen LogP contribution in [0.3, 0.4) is 0 Å². The third-order valence-electron chi connectivity index (χ3n) is 5.80. The molecule has 0 aliphatic carbocycles. The molecule has 3 aromatic rings. The second-order valence-electron chi connectivity index (χ2n) is 7.67. The fraction of sp³-hybridized carbons (Fsp3) is 0.333. The molecule has 30 heavy (non-hydrogen) atoms. The number of piperazine rings is 1. The van der Waals surface area contributed by atoms with E-state index in [4.69, 9.17) is 9.84 Å². The molecule has 0 bridgehead atoms. The standard InChI is InChI=1S/C24H28N4O2/c1-3-26-13-15-27(16-14-26)24(29)21-18-28(17-19-9-5-4-6-10-19)25-23(21)20-11-7-8-12-22(20)30-2/h4-12,18H,3,13-17H2,1-2H3/p+1. The minimum absolute atomic E-state index is 0.0466. The fourth-order valence-electron chi connectivity index (χ4n) is 4.02. The number of hydrogen-bond acceptors (Lipinski definition) is 3. The topological polar surface area (TPSA) is 51.8 Å². The lowest BCUT2D eigenvalue weighted by molar-refractivity contribution is -0.902. The maximum Gasteiger partial charge on any atom is 0.258 e. The van der Waals surface area contributed by atoms with E-state index in [1.807, 2.05) is 58.2 Å². The molecule has 2 heterocycles. The van der Waals surface area contributed by atoms with Gasteiger partial charge in [0.25, 0.3) is 5.91 Å². The van der Waals surface area contributed by atoms with Crippen LogP contribution in [-0.4, -0.2) is 60.4 Å². The molecule has 0 unspecified atom stereocenters. The average molecular weight is 406 g/mol. The average Bonchev–Trinajstić information content (AvgIpc) is 3.22. The van der Waals surface area contributed by atoms with Crippen molar-refractivity contribution < 1.29 is 14.4 Å². The Kier molecular flexibility index (Phi) is 6.14. The van der Waals surface area contributed by atoms with Crippen LogP contribution in [0.5, 0.6) is 5.75 Å². The van der Waals surface area contributed by atoms with Gasteiger partial charge in [-0.1, -0.05) is 42.5 Å². The van der Waals surface area contributed by atoms with Crippen LogP contribution in [0.25, 0.3) is 11.3 Å². The zero-order valence-electron chi connectivity index (χ0n) is 17.7. The van der Waals surface area contributed by atoms with E-state index in [0.29, 0.717) is 17.8 Å². The lowest BCUT2D eigenvalue weighted by Crippen LogP contribution is -3.14. The van der Waals surface area contributed by atoms with Gasteiger partial charge in [0.2, 0.25) is 0 Å². The van der Waals surface area contributed by atoms with Crippen molar-refractivity contribution in [2.75, 3.05) is 39.8 Å². The number of benzene rings is 2. The molecule has 0 radical (unpaired) electrons. The number of carbonyl (C=O) groups excluding carboxylic acids is 1. The van der Waals surface area contributed by atoms with Gasteiger partial charge in [0.05, 0.1) is 51.9 Å². The predicted molar refractivity (Wildman–Crippen MR) is 117 cm³/mol. The number of carbonyl (C=O) groups is 1.